The quantitative estimate of drug-likeness (QED) is 0.830. The van der Waals surface area contributed by atoms with Crippen LogP contribution in [0, 0.1) is 0 Å². The summed E-state index contributed by atoms with van der Waals surface area (Å²) in [6.45, 7) is 13.1. The molecule has 0 saturated carbocycles. The highest BCUT2D eigenvalue weighted by atomic mass is 16.5. The molecule has 1 rings (SSSR count). The third-order valence-corrected chi connectivity index (χ3v) is 3.45. The van der Waals surface area contributed by atoms with Crippen molar-refractivity contribution in [2.45, 2.75) is 46.0 Å². The molecule has 102 valence electrons. The molecule has 0 unspecified atom stereocenters. The largest absolute Gasteiger partial charge is 0.496 e. The summed E-state index contributed by atoms with van der Waals surface area (Å²) in [6, 6.07) is 6.57. The highest BCUT2D eigenvalue weighted by Crippen LogP contribution is 2.32. The molecule has 18 heavy (non-hydrogen) atoms. The van der Waals surface area contributed by atoms with Gasteiger partial charge in [0, 0.05) is 12.0 Å². The minimum atomic E-state index is 0.145. The molecule has 0 bridgehead atoms. The molecule has 0 spiro atoms. The van der Waals surface area contributed by atoms with Gasteiger partial charge < -0.3 is 10.1 Å². The topological polar surface area (TPSA) is 21.3 Å². The summed E-state index contributed by atoms with van der Waals surface area (Å²) >= 11 is 0. The van der Waals surface area contributed by atoms with Gasteiger partial charge in [0.15, 0.2) is 0 Å². The molecule has 0 fully saturated rings. The van der Waals surface area contributed by atoms with Gasteiger partial charge >= 0.3 is 0 Å². The second kappa shape index (κ2) is 6.24. The van der Waals surface area contributed by atoms with E-state index in [2.05, 4.69) is 58.1 Å². The molecule has 0 heterocycles. The summed E-state index contributed by atoms with van der Waals surface area (Å²) in [5.74, 6) is 1.47. The van der Waals surface area contributed by atoms with Gasteiger partial charge in [-0.1, -0.05) is 46.8 Å². The van der Waals surface area contributed by atoms with Crippen LogP contribution in [0.25, 0.3) is 0 Å². The molecule has 1 aromatic carbocycles. The number of methoxy groups -OCH3 is 1. The summed E-state index contributed by atoms with van der Waals surface area (Å²) in [6.07, 6.45) is 0. The average molecular weight is 249 g/mol. The SMILES string of the molecule is CCNCC(C)(C)c1ccc(OC)c(C(C)C)c1. The Morgan fingerprint density at radius 2 is 1.94 bits per heavy atom. The van der Waals surface area contributed by atoms with E-state index in [4.69, 9.17) is 4.74 Å². The van der Waals surface area contributed by atoms with Crippen LogP contribution in [0.3, 0.4) is 0 Å². The molecule has 0 aliphatic carbocycles. The van der Waals surface area contributed by atoms with E-state index >= 15 is 0 Å². The normalized spacial score (nSPS) is 11.9. The van der Waals surface area contributed by atoms with Gasteiger partial charge in [-0.15, -0.1) is 0 Å². The monoisotopic (exact) mass is 249 g/mol. The Hall–Kier alpha value is -1.02. The fraction of sp³-hybridized carbons (Fsp3) is 0.625. The second-order valence-electron chi connectivity index (χ2n) is 5.78. The first kappa shape index (κ1) is 15.0. The van der Waals surface area contributed by atoms with Crippen molar-refractivity contribution in [2.24, 2.45) is 0 Å². The Kier molecular flexibility index (Phi) is 5.21. The fourth-order valence-electron chi connectivity index (χ4n) is 2.15. The molecule has 1 aromatic rings. The van der Waals surface area contributed by atoms with Crippen molar-refractivity contribution in [3.63, 3.8) is 0 Å². The standard InChI is InChI=1S/C16H27NO/c1-7-17-11-16(4,5)13-8-9-15(18-6)14(10-13)12(2)3/h8-10,12,17H,7,11H2,1-6H3. The molecular formula is C16H27NO. The Balaban J connectivity index is 3.07. The van der Waals surface area contributed by atoms with Crippen LogP contribution in [0.15, 0.2) is 18.2 Å². The minimum Gasteiger partial charge on any atom is -0.496 e. The van der Waals surface area contributed by atoms with Crippen LogP contribution < -0.4 is 10.1 Å². The maximum absolute atomic E-state index is 5.44. The van der Waals surface area contributed by atoms with Gasteiger partial charge in [0.25, 0.3) is 0 Å². The van der Waals surface area contributed by atoms with Crippen molar-refractivity contribution >= 4 is 0 Å². The van der Waals surface area contributed by atoms with Crippen LogP contribution in [0.4, 0.5) is 0 Å². The zero-order chi connectivity index (χ0) is 13.8. The highest BCUT2D eigenvalue weighted by molar-refractivity contribution is 5.41. The van der Waals surface area contributed by atoms with E-state index in [0.29, 0.717) is 5.92 Å². The molecule has 0 aromatic heterocycles. The molecule has 1 N–H and O–H groups in total. The van der Waals surface area contributed by atoms with Gasteiger partial charge in [-0.25, -0.2) is 0 Å². The van der Waals surface area contributed by atoms with Crippen molar-refractivity contribution in [3.05, 3.63) is 29.3 Å². The van der Waals surface area contributed by atoms with Gasteiger partial charge in [-0.05, 0) is 29.7 Å². The van der Waals surface area contributed by atoms with E-state index in [0.717, 1.165) is 18.8 Å². The van der Waals surface area contributed by atoms with Crippen molar-refractivity contribution in [1.29, 1.82) is 0 Å². The first-order valence-electron chi connectivity index (χ1n) is 6.81. The summed E-state index contributed by atoms with van der Waals surface area (Å²) in [5.41, 5.74) is 2.80. The molecule has 0 atom stereocenters. The molecule has 0 aliphatic rings. The molecule has 2 heteroatoms. The lowest BCUT2D eigenvalue weighted by molar-refractivity contribution is 0.406. The van der Waals surface area contributed by atoms with Crippen LogP contribution in [0.1, 0.15) is 51.7 Å². The number of nitrogens with one attached hydrogen (secondary N) is 1. The third-order valence-electron chi connectivity index (χ3n) is 3.45. The first-order chi connectivity index (χ1) is 8.42. The second-order valence-corrected chi connectivity index (χ2v) is 5.78. The molecule has 0 radical (unpaired) electrons. The van der Waals surface area contributed by atoms with E-state index < -0.39 is 0 Å². The predicted molar refractivity (Wildman–Crippen MR) is 78.7 cm³/mol. The lowest BCUT2D eigenvalue weighted by Crippen LogP contribution is -2.32. The van der Waals surface area contributed by atoms with Crippen molar-refractivity contribution < 1.29 is 4.74 Å². The molecular weight excluding hydrogens is 222 g/mol. The number of ether oxygens (including phenoxy) is 1. The smallest absolute Gasteiger partial charge is 0.122 e. The van der Waals surface area contributed by atoms with Crippen LogP contribution in [-0.4, -0.2) is 20.2 Å². The van der Waals surface area contributed by atoms with Crippen LogP contribution in [0.2, 0.25) is 0 Å². The Morgan fingerprint density at radius 1 is 1.28 bits per heavy atom. The minimum absolute atomic E-state index is 0.145. The van der Waals surface area contributed by atoms with Crippen LogP contribution in [-0.2, 0) is 5.41 Å². The van der Waals surface area contributed by atoms with E-state index in [1.165, 1.54) is 11.1 Å². The Morgan fingerprint density at radius 3 is 2.44 bits per heavy atom. The van der Waals surface area contributed by atoms with Crippen molar-refractivity contribution in [2.75, 3.05) is 20.2 Å². The molecule has 0 amide bonds. The molecule has 2 nitrogen and oxygen atoms in total. The van der Waals surface area contributed by atoms with Crippen molar-refractivity contribution in [1.82, 2.24) is 5.32 Å². The van der Waals surface area contributed by atoms with E-state index in [1.54, 1.807) is 7.11 Å². The van der Waals surface area contributed by atoms with E-state index in [9.17, 15) is 0 Å². The number of rotatable bonds is 6. The van der Waals surface area contributed by atoms with Gasteiger partial charge in [0.05, 0.1) is 7.11 Å². The molecule has 0 aliphatic heterocycles. The van der Waals surface area contributed by atoms with E-state index in [1.807, 2.05) is 0 Å². The maximum atomic E-state index is 5.44. The van der Waals surface area contributed by atoms with Gasteiger partial charge in [0.1, 0.15) is 5.75 Å². The van der Waals surface area contributed by atoms with Crippen molar-refractivity contribution in [3.8, 4) is 5.75 Å². The number of hydrogen-bond acceptors (Lipinski definition) is 2. The highest BCUT2D eigenvalue weighted by Gasteiger charge is 2.21. The van der Waals surface area contributed by atoms with Gasteiger partial charge in [-0.3, -0.25) is 0 Å². The number of benzene rings is 1. The first-order valence-corrected chi connectivity index (χ1v) is 6.81. The van der Waals surface area contributed by atoms with Crippen LogP contribution in [0.5, 0.6) is 5.75 Å². The summed E-state index contributed by atoms with van der Waals surface area (Å²) in [5, 5.41) is 3.43. The van der Waals surface area contributed by atoms with Gasteiger partial charge in [-0.2, -0.15) is 0 Å². The predicted octanol–water partition coefficient (Wildman–Crippen LogP) is 3.71. The Bertz CT molecular complexity index is 383. The number of likely N-dealkylation sites (N-methyl/N-ethyl adjacent to an activating group) is 1. The summed E-state index contributed by atoms with van der Waals surface area (Å²) in [4.78, 5) is 0. The zero-order valence-corrected chi connectivity index (χ0v) is 12.6. The average Bonchev–Trinajstić information content (AvgIpc) is 2.35. The van der Waals surface area contributed by atoms with Gasteiger partial charge in [0.2, 0.25) is 0 Å². The lowest BCUT2D eigenvalue weighted by atomic mass is 9.82. The number of hydrogen-bond donors (Lipinski definition) is 1. The summed E-state index contributed by atoms with van der Waals surface area (Å²) in [7, 11) is 1.74. The maximum Gasteiger partial charge on any atom is 0.122 e. The fourth-order valence-corrected chi connectivity index (χ4v) is 2.15. The third kappa shape index (κ3) is 3.49. The summed E-state index contributed by atoms with van der Waals surface area (Å²) < 4.78 is 5.44. The van der Waals surface area contributed by atoms with E-state index in [-0.39, 0.29) is 5.41 Å². The molecule has 0 saturated heterocycles. The zero-order valence-electron chi connectivity index (χ0n) is 12.6. The lowest BCUT2D eigenvalue weighted by Gasteiger charge is -2.27. The van der Waals surface area contributed by atoms with Crippen LogP contribution >= 0.6 is 0 Å². The Labute approximate surface area is 112 Å².